The van der Waals surface area contributed by atoms with Gasteiger partial charge in [-0.1, -0.05) is 5.57 Å². The summed E-state index contributed by atoms with van der Waals surface area (Å²) in [7, 11) is 0. The largest absolute Gasteiger partial charge is 0.356 e. The summed E-state index contributed by atoms with van der Waals surface area (Å²) >= 11 is 3.21. The fourth-order valence-electron chi connectivity index (χ4n) is 0.983. The van der Waals surface area contributed by atoms with Crippen molar-refractivity contribution in [1.29, 1.82) is 0 Å². The van der Waals surface area contributed by atoms with E-state index in [0.717, 1.165) is 10.0 Å². The Morgan fingerprint density at radius 2 is 2.06 bits per heavy atom. The lowest BCUT2D eigenvalue weighted by molar-refractivity contribution is -0.117. The monoisotopic (exact) mass is 285 g/mol. The van der Waals surface area contributed by atoms with Gasteiger partial charge >= 0.3 is 0 Å². The maximum atomic E-state index is 11.4. The van der Waals surface area contributed by atoms with Crippen LogP contribution < -0.4 is 10.9 Å². The van der Waals surface area contributed by atoms with Gasteiger partial charge in [0.25, 0.3) is 11.8 Å². The highest BCUT2D eigenvalue weighted by Gasteiger charge is 2.07. The summed E-state index contributed by atoms with van der Waals surface area (Å²) in [6, 6.07) is 1.61. The first-order valence-corrected chi connectivity index (χ1v) is 5.37. The van der Waals surface area contributed by atoms with Crippen molar-refractivity contribution in [2.24, 2.45) is 0 Å². The summed E-state index contributed by atoms with van der Waals surface area (Å²) in [6.45, 7) is 3.59. The molecule has 16 heavy (non-hydrogen) atoms. The minimum atomic E-state index is -0.402. The molecule has 6 heteroatoms. The van der Waals surface area contributed by atoms with Gasteiger partial charge in [-0.2, -0.15) is 0 Å². The number of nitrogens with one attached hydrogen (secondary N) is 3. The Morgan fingerprint density at radius 3 is 2.56 bits per heavy atom. The highest BCUT2D eigenvalue weighted by Crippen LogP contribution is 2.09. The van der Waals surface area contributed by atoms with E-state index in [1.165, 1.54) is 6.08 Å². The molecule has 86 valence electrons. The summed E-state index contributed by atoms with van der Waals surface area (Å²) in [6.07, 6.45) is 3.03. The molecule has 0 unspecified atom stereocenters. The lowest BCUT2D eigenvalue weighted by atomic mass is 10.3. The van der Waals surface area contributed by atoms with E-state index in [0.29, 0.717) is 5.69 Å². The van der Waals surface area contributed by atoms with Gasteiger partial charge in [0.05, 0.1) is 0 Å². The molecular weight excluding hydrogens is 274 g/mol. The van der Waals surface area contributed by atoms with Gasteiger partial charge in [-0.25, -0.2) is 0 Å². The molecule has 1 rings (SSSR count). The van der Waals surface area contributed by atoms with Gasteiger partial charge in [-0.15, -0.1) is 0 Å². The first-order valence-electron chi connectivity index (χ1n) is 4.58. The molecule has 2 amide bonds. The lowest BCUT2D eigenvalue weighted by Gasteiger charge is -2.03. The first kappa shape index (κ1) is 12.5. The fourth-order valence-corrected chi connectivity index (χ4v) is 1.33. The zero-order chi connectivity index (χ0) is 12.1. The number of aromatic nitrogens is 1. The molecule has 0 saturated carbocycles. The van der Waals surface area contributed by atoms with Crippen LogP contribution in [0.3, 0.4) is 0 Å². The summed E-state index contributed by atoms with van der Waals surface area (Å²) in [5.74, 6) is -0.764. The number of H-pyrrole nitrogens is 1. The molecule has 0 fully saturated rings. The van der Waals surface area contributed by atoms with Crippen LogP contribution in [0.5, 0.6) is 0 Å². The molecule has 3 N–H and O–H groups in total. The maximum Gasteiger partial charge on any atom is 0.286 e. The SMILES string of the molecule is CC(C)=CC(=O)NNC(=O)c1cc(Br)c[nH]1. The van der Waals surface area contributed by atoms with Crippen LogP contribution in [0, 0.1) is 0 Å². The molecular formula is C10H12BrN3O2. The van der Waals surface area contributed by atoms with Crippen LogP contribution in [0.25, 0.3) is 0 Å². The van der Waals surface area contributed by atoms with E-state index in [2.05, 4.69) is 31.8 Å². The molecule has 0 aliphatic carbocycles. The Kier molecular flexibility index (Phi) is 4.30. The van der Waals surface area contributed by atoms with Crippen LogP contribution >= 0.6 is 15.9 Å². The van der Waals surface area contributed by atoms with Gasteiger partial charge in [-0.3, -0.25) is 20.4 Å². The molecule has 5 nitrogen and oxygen atoms in total. The maximum absolute atomic E-state index is 11.4. The lowest BCUT2D eigenvalue weighted by Crippen LogP contribution is -2.41. The van der Waals surface area contributed by atoms with Crippen LogP contribution in [0.15, 0.2) is 28.4 Å². The highest BCUT2D eigenvalue weighted by molar-refractivity contribution is 9.10. The minimum absolute atomic E-state index is 0.362. The topological polar surface area (TPSA) is 74.0 Å². The number of amides is 2. The summed E-state index contributed by atoms with van der Waals surface area (Å²) in [5.41, 5.74) is 5.77. The van der Waals surface area contributed by atoms with Crippen LogP contribution in [0.1, 0.15) is 24.3 Å². The van der Waals surface area contributed by atoms with Gasteiger partial charge < -0.3 is 4.98 Å². The summed E-state index contributed by atoms with van der Waals surface area (Å²) in [4.78, 5) is 25.4. The average Bonchev–Trinajstić information content (AvgIpc) is 2.60. The molecule has 0 atom stereocenters. The van der Waals surface area contributed by atoms with Crippen molar-refractivity contribution in [2.75, 3.05) is 0 Å². The van der Waals surface area contributed by atoms with Crippen LogP contribution in [0.2, 0.25) is 0 Å². The molecule has 0 spiro atoms. The van der Waals surface area contributed by atoms with Crippen molar-refractivity contribution in [1.82, 2.24) is 15.8 Å². The highest BCUT2D eigenvalue weighted by atomic mass is 79.9. The zero-order valence-corrected chi connectivity index (χ0v) is 10.5. The first-order chi connectivity index (χ1) is 7.49. The number of hydrogen-bond donors (Lipinski definition) is 3. The van der Waals surface area contributed by atoms with Crippen molar-refractivity contribution < 1.29 is 9.59 Å². The van der Waals surface area contributed by atoms with Gasteiger partial charge in [0.1, 0.15) is 5.69 Å². The number of hydrazine groups is 1. The second kappa shape index (κ2) is 5.50. The van der Waals surface area contributed by atoms with Crippen molar-refractivity contribution in [2.45, 2.75) is 13.8 Å². The third-order valence-electron chi connectivity index (χ3n) is 1.61. The zero-order valence-electron chi connectivity index (χ0n) is 8.93. The molecule has 1 heterocycles. The van der Waals surface area contributed by atoms with E-state index in [9.17, 15) is 9.59 Å². The van der Waals surface area contributed by atoms with Crippen molar-refractivity contribution >= 4 is 27.7 Å². The number of carbonyl (C=O) groups is 2. The summed E-state index contributed by atoms with van der Waals surface area (Å²) < 4.78 is 0.772. The fraction of sp³-hybridized carbons (Fsp3) is 0.200. The second-order valence-corrected chi connectivity index (χ2v) is 4.31. The number of aromatic amines is 1. The number of halogens is 1. The molecule has 1 aromatic heterocycles. The van der Waals surface area contributed by atoms with E-state index in [1.807, 2.05) is 0 Å². The number of rotatable bonds is 2. The normalized spacial score (nSPS) is 9.44. The average molecular weight is 286 g/mol. The van der Waals surface area contributed by atoms with Crippen molar-refractivity contribution in [3.05, 3.63) is 34.1 Å². The van der Waals surface area contributed by atoms with Gasteiger partial charge in [0, 0.05) is 16.7 Å². The van der Waals surface area contributed by atoms with Gasteiger partial charge in [-0.05, 0) is 35.8 Å². The molecule has 0 saturated heterocycles. The van der Waals surface area contributed by atoms with Crippen LogP contribution in [-0.4, -0.2) is 16.8 Å². The number of carbonyl (C=O) groups excluding carboxylic acids is 2. The van der Waals surface area contributed by atoms with E-state index in [4.69, 9.17) is 0 Å². The van der Waals surface area contributed by atoms with Crippen molar-refractivity contribution in [3.63, 3.8) is 0 Å². The predicted octanol–water partition coefficient (Wildman–Crippen LogP) is 1.50. The minimum Gasteiger partial charge on any atom is -0.356 e. The Hall–Kier alpha value is -1.56. The van der Waals surface area contributed by atoms with E-state index >= 15 is 0 Å². The quantitative estimate of drug-likeness (QED) is 0.569. The van der Waals surface area contributed by atoms with Gasteiger partial charge in [0.2, 0.25) is 0 Å². The number of hydrogen-bond acceptors (Lipinski definition) is 2. The molecule has 0 aliphatic rings. The number of allylic oxidation sites excluding steroid dienone is 1. The van der Waals surface area contributed by atoms with Crippen LogP contribution in [-0.2, 0) is 4.79 Å². The Bertz CT molecular complexity index is 433. The Labute approximate surface area is 101 Å². The third-order valence-corrected chi connectivity index (χ3v) is 2.07. The standard InChI is InChI=1S/C10H12BrN3O2/c1-6(2)3-9(15)13-14-10(16)8-4-7(11)5-12-8/h3-5,12H,1-2H3,(H,13,15)(H,14,16). The van der Waals surface area contributed by atoms with E-state index in [-0.39, 0.29) is 5.91 Å². The van der Waals surface area contributed by atoms with Crippen LogP contribution in [0.4, 0.5) is 0 Å². The molecule has 0 bridgehead atoms. The van der Waals surface area contributed by atoms with Gasteiger partial charge in [0.15, 0.2) is 0 Å². The molecule has 0 radical (unpaired) electrons. The Morgan fingerprint density at radius 1 is 1.38 bits per heavy atom. The van der Waals surface area contributed by atoms with E-state index in [1.54, 1.807) is 26.1 Å². The van der Waals surface area contributed by atoms with Crippen molar-refractivity contribution in [3.8, 4) is 0 Å². The summed E-state index contributed by atoms with van der Waals surface area (Å²) in [5, 5.41) is 0. The smallest absolute Gasteiger partial charge is 0.286 e. The second-order valence-electron chi connectivity index (χ2n) is 3.40. The predicted molar refractivity (Wildman–Crippen MR) is 63.5 cm³/mol. The van der Waals surface area contributed by atoms with E-state index < -0.39 is 5.91 Å². The third kappa shape index (κ3) is 3.90. The molecule has 0 aromatic carbocycles. The molecule has 0 aliphatic heterocycles. The Balaban J connectivity index is 2.48. The molecule has 1 aromatic rings.